The SMILES string of the molecule is CCC(=O)N[C@@H](C(=O)N1CCN(C)CC1)[C@@H](C)c1ccc(NC(=O)[C@@H](N)[C@H](C)c2ccccc2)c(F)c1. The van der Waals surface area contributed by atoms with Crippen molar-refractivity contribution in [3.63, 3.8) is 0 Å². The Balaban J connectivity index is 1.74. The van der Waals surface area contributed by atoms with Gasteiger partial charge in [0.15, 0.2) is 0 Å². The first-order valence-corrected chi connectivity index (χ1v) is 12.8. The van der Waals surface area contributed by atoms with Gasteiger partial charge in [0.2, 0.25) is 17.7 Å². The second-order valence-corrected chi connectivity index (χ2v) is 9.77. The summed E-state index contributed by atoms with van der Waals surface area (Å²) in [4.78, 5) is 42.2. The molecule has 200 valence electrons. The Morgan fingerprint density at radius 3 is 2.22 bits per heavy atom. The van der Waals surface area contributed by atoms with Crippen molar-refractivity contribution < 1.29 is 18.8 Å². The second kappa shape index (κ2) is 12.8. The summed E-state index contributed by atoms with van der Waals surface area (Å²) in [5, 5.41) is 5.42. The van der Waals surface area contributed by atoms with Crippen LogP contribution < -0.4 is 16.4 Å². The van der Waals surface area contributed by atoms with E-state index in [9.17, 15) is 14.4 Å². The monoisotopic (exact) mass is 511 g/mol. The smallest absolute Gasteiger partial charge is 0.245 e. The van der Waals surface area contributed by atoms with Gasteiger partial charge in [0.05, 0.1) is 11.7 Å². The zero-order valence-corrected chi connectivity index (χ0v) is 22.0. The maximum absolute atomic E-state index is 15.1. The minimum absolute atomic E-state index is 0.0104. The lowest BCUT2D eigenvalue weighted by Gasteiger charge is -2.36. The Bertz CT molecular complexity index is 1090. The van der Waals surface area contributed by atoms with E-state index < -0.39 is 29.7 Å². The van der Waals surface area contributed by atoms with E-state index in [1.54, 1.807) is 24.8 Å². The van der Waals surface area contributed by atoms with Gasteiger partial charge in [-0.2, -0.15) is 0 Å². The zero-order chi connectivity index (χ0) is 27.1. The fourth-order valence-electron chi connectivity index (χ4n) is 4.42. The number of nitrogens with two attached hydrogens (primary N) is 1. The highest BCUT2D eigenvalue weighted by Gasteiger charge is 2.33. The molecule has 0 aliphatic carbocycles. The number of likely N-dealkylation sites (N-methyl/N-ethyl adjacent to an activating group) is 1. The van der Waals surface area contributed by atoms with Crippen LogP contribution in [-0.4, -0.2) is 72.8 Å². The Kier molecular flexibility index (Phi) is 9.77. The first kappa shape index (κ1) is 28.3. The van der Waals surface area contributed by atoms with Gasteiger partial charge in [-0.25, -0.2) is 4.39 Å². The highest BCUT2D eigenvalue weighted by atomic mass is 19.1. The van der Waals surface area contributed by atoms with E-state index in [2.05, 4.69) is 15.5 Å². The summed E-state index contributed by atoms with van der Waals surface area (Å²) in [5.74, 6) is -2.29. The number of carbonyl (C=O) groups excluding carboxylic acids is 3. The molecule has 8 nitrogen and oxygen atoms in total. The number of piperazine rings is 1. The number of amides is 3. The quantitative estimate of drug-likeness (QED) is 0.480. The van der Waals surface area contributed by atoms with Crippen molar-refractivity contribution in [3.8, 4) is 0 Å². The fraction of sp³-hybridized carbons (Fsp3) is 0.464. The highest BCUT2D eigenvalue weighted by Crippen LogP contribution is 2.26. The Morgan fingerprint density at radius 2 is 1.62 bits per heavy atom. The van der Waals surface area contributed by atoms with Gasteiger partial charge in [-0.15, -0.1) is 0 Å². The number of benzene rings is 2. The third-order valence-corrected chi connectivity index (χ3v) is 7.16. The standard InChI is InChI=1S/C28H38FN5O3/c1-5-24(35)32-26(28(37)34-15-13-33(4)14-16-34)19(3)21-11-12-23(22(29)17-21)31-27(36)25(30)18(2)20-9-7-6-8-10-20/h6-12,17-19,25-26H,5,13-16,30H2,1-4H3,(H,31,36)(H,32,35)/t18-,19+,25+,26-/m1/s1. The predicted octanol–water partition coefficient (Wildman–Crippen LogP) is 2.67. The van der Waals surface area contributed by atoms with E-state index in [4.69, 9.17) is 5.73 Å². The van der Waals surface area contributed by atoms with Crippen LogP contribution in [0.1, 0.15) is 50.2 Å². The molecule has 1 heterocycles. The molecule has 1 aliphatic rings. The summed E-state index contributed by atoms with van der Waals surface area (Å²) in [7, 11) is 2.00. The van der Waals surface area contributed by atoms with Crippen molar-refractivity contribution in [1.82, 2.24) is 15.1 Å². The highest BCUT2D eigenvalue weighted by molar-refractivity contribution is 5.95. The van der Waals surface area contributed by atoms with Crippen molar-refractivity contribution in [2.75, 3.05) is 38.5 Å². The third-order valence-electron chi connectivity index (χ3n) is 7.16. The topological polar surface area (TPSA) is 108 Å². The minimum atomic E-state index is -0.866. The number of halogens is 1. The molecule has 9 heteroatoms. The average Bonchev–Trinajstić information content (AvgIpc) is 2.91. The van der Waals surface area contributed by atoms with Crippen LogP contribution in [0.2, 0.25) is 0 Å². The first-order chi connectivity index (χ1) is 17.6. The fourth-order valence-corrected chi connectivity index (χ4v) is 4.42. The summed E-state index contributed by atoms with van der Waals surface area (Å²) < 4.78 is 15.1. The number of hydrogen-bond acceptors (Lipinski definition) is 5. The zero-order valence-electron chi connectivity index (χ0n) is 22.0. The number of hydrogen-bond donors (Lipinski definition) is 3. The number of nitrogens with zero attached hydrogens (tertiary/aromatic N) is 2. The molecule has 4 atom stereocenters. The molecule has 1 saturated heterocycles. The van der Waals surface area contributed by atoms with E-state index in [1.807, 2.05) is 44.3 Å². The van der Waals surface area contributed by atoms with Crippen molar-refractivity contribution in [1.29, 1.82) is 0 Å². The Morgan fingerprint density at radius 1 is 0.973 bits per heavy atom. The molecule has 3 amide bonds. The molecule has 0 unspecified atom stereocenters. The second-order valence-electron chi connectivity index (χ2n) is 9.77. The molecule has 0 aromatic heterocycles. The Labute approximate surface area is 218 Å². The van der Waals surface area contributed by atoms with Gasteiger partial charge < -0.3 is 26.2 Å². The lowest BCUT2D eigenvalue weighted by atomic mass is 9.91. The van der Waals surface area contributed by atoms with Gasteiger partial charge in [0, 0.05) is 44.4 Å². The van der Waals surface area contributed by atoms with Gasteiger partial charge in [-0.3, -0.25) is 14.4 Å². The van der Waals surface area contributed by atoms with Crippen LogP contribution in [0.15, 0.2) is 48.5 Å². The summed E-state index contributed by atoms with van der Waals surface area (Å²) in [6.45, 7) is 8.01. The van der Waals surface area contributed by atoms with Crippen LogP contribution in [-0.2, 0) is 14.4 Å². The molecule has 4 N–H and O–H groups in total. The molecule has 3 rings (SSSR count). The van der Waals surface area contributed by atoms with E-state index in [0.717, 1.165) is 18.7 Å². The average molecular weight is 512 g/mol. The number of rotatable bonds is 9. The predicted molar refractivity (Wildman–Crippen MR) is 143 cm³/mol. The van der Waals surface area contributed by atoms with Crippen LogP contribution in [0.4, 0.5) is 10.1 Å². The summed E-state index contributed by atoms with van der Waals surface area (Å²) in [5.41, 5.74) is 7.63. The lowest BCUT2D eigenvalue weighted by molar-refractivity contribution is -0.138. The number of anilines is 1. The molecular formula is C28H38FN5O3. The Hall–Kier alpha value is -3.30. The molecular weight excluding hydrogens is 473 g/mol. The van der Waals surface area contributed by atoms with E-state index >= 15 is 4.39 Å². The largest absolute Gasteiger partial charge is 0.344 e. The number of carbonyl (C=O) groups is 3. The molecule has 0 saturated carbocycles. The molecule has 0 spiro atoms. The summed E-state index contributed by atoms with van der Waals surface area (Å²) in [6, 6.07) is 12.2. The third kappa shape index (κ3) is 7.14. The molecule has 2 aromatic rings. The minimum Gasteiger partial charge on any atom is -0.344 e. The van der Waals surface area contributed by atoms with E-state index in [0.29, 0.717) is 18.7 Å². The van der Waals surface area contributed by atoms with Crippen LogP contribution >= 0.6 is 0 Å². The summed E-state index contributed by atoms with van der Waals surface area (Å²) >= 11 is 0. The van der Waals surface area contributed by atoms with Crippen molar-refractivity contribution in [2.24, 2.45) is 5.73 Å². The molecule has 1 aliphatic heterocycles. The normalized spacial score (nSPS) is 17.4. The molecule has 2 aromatic carbocycles. The first-order valence-electron chi connectivity index (χ1n) is 12.8. The molecule has 0 bridgehead atoms. The van der Waals surface area contributed by atoms with Crippen LogP contribution in [0.25, 0.3) is 0 Å². The number of nitrogens with one attached hydrogen (secondary N) is 2. The van der Waals surface area contributed by atoms with Crippen molar-refractivity contribution in [2.45, 2.75) is 51.1 Å². The van der Waals surface area contributed by atoms with Gasteiger partial charge >= 0.3 is 0 Å². The van der Waals surface area contributed by atoms with E-state index in [1.165, 1.54) is 12.1 Å². The van der Waals surface area contributed by atoms with Gasteiger partial charge in [0.25, 0.3) is 0 Å². The van der Waals surface area contributed by atoms with Crippen LogP contribution in [0, 0.1) is 5.82 Å². The van der Waals surface area contributed by atoms with Gasteiger partial charge in [0.1, 0.15) is 11.9 Å². The van der Waals surface area contributed by atoms with Gasteiger partial charge in [-0.05, 0) is 30.3 Å². The maximum Gasteiger partial charge on any atom is 0.245 e. The maximum atomic E-state index is 15.1. The molecule has 37 heavy (non-hydrogen) atoms. The van der Waals surface area contributed by atoms with Crippen molar-refractivity contribution >= 4 is 23.4 Å². The van der Waals surface area contributed by atoms with Crippen LogP contribution in [0.3, 0.4) is 0 Å². The van der Waals surface area contributed by atoms with Gasteiger partial charge in [-0.1, -0.05) is 57.2 Å². The molecule has 0 radical (unpaired) electrons. The lowest BCUT2D eigenvalue weighted by Crippen LogP contribution is -2.55. The molecule has 1 fully saturated rings. The summed E-state index contributed by atoms with van der Waals surface area (Å²) in [6.07, 6.45) is 0.236. The van der Waals surface area contributed by atoms with Crippen molar-refractivity contribution in [3.05, 3.63) is 65.5 Å². The van der Waals surface area contributed by atoms with E-state index in [-0.39, 0.29) is 29.8 Å². The van der Waals surface area contributed by atoms with Crippen LogP contribution in [0.5, 0.6) is 0 Å².